The number of carbonyl (C=O) groups is 1. The molecular formula is C21H25N3O3S. The summed E-state index contributed by atoms with van der Waals surface area (Å²) in [6.07, 6.45) is 5.86. The number of rotatable bonds is 10. The highest BCUT2D eigenvalue weighted by molar-refractivity contribution is 7.89. The maximum absolute atomic E-state index is 12.3. The number of nitrogens with zero attached hydrogens (tertiary/aromatic N) is 1. The quantitative estimate of drug-likeness (QED) is 0.474. The van der Waals surface area contributed by atoms with Crippen LogP contribution in [0.1, 0.15) is 23.7 Å². The van der Waals surface area contributed by atoms with Crippen molar-refractivity contribution in [1.82, 2.24) is 10.0 Å². The van der Waals surface area contributed by atoms with Crippen molar-refractivity contribution in [2.75, 3.05) is 31.1 Å². The minimum atomic E-state index is -3.73. The summed E-state index contributed by atoms with van der Waals surface area (Å²) in [5.41, 5.74) is 1.44. The predicted molar refractivity (Wildman–Crippen MR) is 112 cm³/mol. The largest absolute Gasteiger partial charge is 0.372 e. The van der Waals surface area contributed by atoms with Gasteiger partial charge < -0.3 is 10.2 Å². The third-order valence-corrected chi connectivity index (χ3v) is 5.56. The van der Waals surface area contributed by atoms with Crippen molar-refractivity contribution in [1.29, 1.82) is 0 Å². The number of nitrogens with one attached hydrogen (secondary N) is 2. The number of hydrogen-bond donors (Lipinski definition) is 2. The normalized spacial score (nSPS) is 10.9. The summed E-state index contributed by atoms with van der Waals surface area (Å²) >= 11 is 0. The van der Waals surface area contributed by atoms with Crippen molar-refractivity contribution in [3.8, 4) is 12.3 Å². The molecule has 0 aliphatic heterocycles. The zero-order valence-electron chi connectivity index (χ0n) is 15.9. The van der Waals surface area contributed by atoms with Gasteiger partial charge in [-0.25, -0.2) is 8.42 Å². The second kappa shape index (κ2) is 10.5. The Labute approximate surface area is 167 Å². The van der Waals surface area contributed by atoms with Crippen LogP contribution in [-0.2, 0) is 10.0 Å². The second-order valence-electron chi connectivity index (χ2n) is 6.08. The van der Waals surface area contributed by atoms with Gasteiger partial charge in [0.1, 0.15) is 0 Å². The first-order valence-electron chi connectivity index (χ1n) is 9.09. The van der Waals surface area contributed by atoms with E-state index in [1.54, 1.807) is 6.07 Å². The molecule has 0 unspecified atom stereocenters. The van der Waals surface area contributed by atoms with Gasteiger partial charge in [0.2, 0.25) is 10.0 Å². The highest BCUT2D eigenvalue weighted by Gasteiger charge is 2.15. The van der Waals surface area contributed by atoms with Crippen LogP contribution in [0.4, 0.5) is 5.69 Å². The Bertz CT molecular complexity index is 921. The molecule has 0 saturated heterocycles. The van der Waals surface area contributed by atoms with Gasteiger partial charge in [-0.3, -0.25) is 4.79 Å². The van der Waals surface area contributed by atoms with Gasteiger partial charge in [0.05, 0.1) is 11.4 Å². The lowest BCUT2D eigenvalue weighted by Crippen LogP contribution is -2.30. The smallest absolute Gasteiger partial charge is 0.251 e. The predicted octanol–water partition coefficient (Wildman–Crippen LogP) is 2.24. The molecule has 0 saturated carbocycles. The Morgan fingerprint density at radius 1 is 1.14 bits per heavy atom. The average molecular weight is 400 g/mol. The molecule has 0 heterocycles. The van der Waals surface area contributed by atoms with E-state index in [1.807, 2.05) is 18.2 Å². The molecule has 148 valence electrons. The first kappa shape index (κ1) is 21.5. The summed E-state index contributed by atoms with van der Waals surface area (Å²) < 4.78 is 26.5. The maximum Gasteiger partial charge on any atom is 0.251 e. The van der Waals surface area contributed by atoms with E-state index >= 15 is 0 Å². The summed E-state index contributed by atoms with van der Waals surface area (Å²) in [6.45, 7) is 4.17. The van der Waals surface area contributed by atoms with E-state index in [4.69, 9.17) is 6.42 Å². The van der Waals surface area contributed by atoms with Crippen molar-refractivity contribution in [2.45, 2.75) is 18.2 Å². The standard InChI is InChI=1S/C21H25N3O3S/c1-3-14-23-28(26,27)20-13-8-10-18(17-20)21(25)22-15-9-16-24(4-2)19-11-6-5-7-12-19/h1,5-8,10-13,17,23H,4,9,14-16H2,2H3,(H,22,25). The van der Waals surface area contributed by atoms with Crippen LogP contribution in [0, 0.1) is 12.3 Å². The van der Waals surface area contributed by atoms with E-state index in [-0.39, 0.29) is 17.3 Å². The SMILES string of the molecule is C#CCNS(=O)(=O)c1cccc(C(=O)NCCCN(CC)c2ccccc2)c1. The Morgan fingerprint density at radius 2 is 1.89 bits per heavy atom. The maximum atomic E-state index is 12.3. The van der Waals surface area contributed by atoms with Gasteiger partial charge in [-0.15, -0.1) is 6.42 Å². The van der Waals surface area contributed by atoms with E-state index in [2.05, 4.69) is 39.9 Å². The van der Waals surface area contributed by atoms with Crippen LogP contribution in [0.25, 0.3) is 0 Å². The molecule has 0 aliphatic carbocycles. The molecule has 2 N–H and O–H groups in total. The van der Waals surface area contributed by atoms with Crippen molar-refractivity contribution in [3.63, 3.8) is 0 Å². The average Bonchev–Trinajstić information content (AvgIpc) is 2.73. The topological polar surface area (TPSA) is 78.5 Å². The van der Waals surface area contributed by atoms with Crippen LogP contribution in [0.2, 0.25) is 0 Å². The summed E-state index contributed by atoms with van der Waals surface area (Å²) in [7, 11) is -3.73. The first-order valence-corrected chi connectivity index (χ1v) is 10.6. The van der Waals surface area contributed by atoms with Crippen molar-refractivity contribution in [3.05, 3.63) is 60.2 Å². The minimum Gasteiger partial charge on any atom is -0.372 e. The fourth-order valence-electron chi connectivity index (χ4n) is 2.71. The Morgan fingerprint density at radius 3 is 2.57 bits per heavy atom. The van der Waals surface area contributed by atoms with Gasteiger partial charge in [-0.1, -0.05) is 30.2 Å². The second-order valence-corrected chi connectivity index (χ2v) is 7.85. The molecule has 0 atom stereocenters. The van der Waals surface area contributed by atoms with E-state index in [0.29, 0.717) is 12.1 Å². The zero-order chi connectivity index (χ0) is 20.4. The Kier molecular flexibility index (Phi) is 8.05. The van der Waals surface area contributed by atoms with Gasteiger partial charge in [-0.2, -0.15) is 4.72 Å². The van der Waals surface area contributed by atoms with E-state index < -0.39 is 10.0 Å². The third kappa shape index (κ3) is 6.12. The van der Waals surface area contributed by atoms with Crippen molar-refractivity contribution >= 4 is 21.6 Å². The number of sulfonamides is 1. The van der Waals surface area contributed by atoms with Gasteiger partial charge in [-0.05, 0) is 43.7 Å². The lowest BCUT2D eigenvalue weighted by Gasteiger charge is -2.23. The third-order valence-electron chi connectivity index (χ3n) is 4.16. The number of amides is 1. The van der Waals surface area contributed by atoms with E-state index in [1.165, 1.54) is 18.2 Å². The van der Waals surface area contributed by atoms with Crippen LogP contribution in [-0.4, -0.2) is 40.5 Å². The van der Waals surface area contributed by atoms with Crippen LogP contribution in [0.3, 0.4) is 0 Å². The first-order chi connectivity index (χ1) is 13.5. The fourth-order valence-corrected chi connectivity index (χ4v) is 3.69. The molecule has 0 aliphatic rings. The summed E-state index contributed by atoms with van der Waals surface area (Å²) in [5, 5.41) is 2.84. The molecule has 0 bridgehead atoms. The Balaban J connectivity index is 1.90. The lowest BCUT2D eigenvalue weighted by atomic mass is 10.2. The molecule has 0 aromatic heterocycles. The molecule has 0 fully saturated rings. The van der Waals surface area contributed by atoms with Crippen LogP contribution in [0.15, 0.2) is 59.5 Å². The van der Waals surface area contributed by atoms with Crippen molar-refractivity contribution in [2.24, 2.45) is 0 Å². The van der Waals surface area contributed by atoms with Crippen LogP contribution >= 0.6 is 0 Å². The molecule has 0 spiro atoms. The molecule has 2 aromatic carbocycles. The molecule has 28 heavy (non-hydrogen) atoms. The number of benzene rings is 2. The highest BCUT2D eigenvalue weighted by atomic mass is 32.2. The molecule has 1 amide bonds. The number of para-hydroxylation sites is 1. The molecule has 0 radical (unpaired) electrons. The molecular weight excluding hydrogens is 374 g/mol. The highest BCUT2D eigenvalue weighted by Crippen LogP contribution is 2.13. The van der Waals surface area contributed by atoms with Crippen LogP contribution in [0.5, 0.6) is 0 Å². The van der Waals surface area contributed by atoms with Crippen LogP contribution < -0.4 is 14.9 Å². The molecule has 6 nitrogen and oxygen atoms in total. The van der Waals surface area contributed by atoms with Gasteiger partial charge in [0.25, 0.3) is 5.91 Å². The summed E-state index contributed by atoms with van der Waals surface area (Å²) in [5.74, 6) is 1.91. The Hall–Kier alpha value is -2.82. The van der Waals surface area contributed by atoms with Crippen molar-refractivity contribution < 1.29 is 13.2 Å². The summed E-state index contributed by atoms with van der Waals surface area (Å²) in [6, 6.07) is 16.0. The monoisotopic (exact) mass is 399 g/mol. The molecule has 2 aromatic rings. The number of terminal acetylenes is 1. The fraction of sp³-hybridized carbons (Fsp3) is 0.286. The summed E-state index contributed by atoms with van der Waals surface area (Å²) in [4.78, 5) is 14.6. The van der Waals surface area contributed by atoms with E-state index in [9.17, 15) is 13.2 Å². The molecule has 2 rings (SSSR count). The number of anilines is 1. The van der Waals surface area contributed by atoms with Gasteiger partial charge >= 0.3 is 0 Å². The number of hydrogen-bond acceptors (Lipinski definition) is 4. The zero-order valence-corrected chi connectivity index (χ0v) is 16.7. The van der Waals surface area contributed by atoms with Gasteiger partial charge in [0.15, 0.2) is 0 Å². The van der Waals surface area contributed by atoms with Gasteiger partial charge in [0, 0.05) is 30.9 Å². The number of carbonyl (C=O) groups excluding carboxylic acids is 1. The lowest BCUT2D eigenvalue weighted by molar-refractivity contribution is 0.0953. The minimum absolute atomic E-state index is 0.0108. The van der Waals surface area contributed by atoms with E-state index in [0.717, 1.165) is 25.2 Å². The molecule has 7 heteroatoms.